The van der Waals surface area contributed by atoms with E-state index in [1.54, 1.807) is 52.0 Å². The van der Waals surface area contributed by atoms with Crippen LogP contribution < -0.4 is 0 Å². The fourth-order valence-electron chi connectivity index (χ4n) is 3.86. The maximum Gasteiger partial charge on any atom is 0.126 e. The number of hydrogen-bond acceptors (Lipinski definition) is 4. The molecule has 0 fully saturated rings. The van der Waals surface area contributed by atoms with Crippen molar-refractivity contribution in [2.24, 2.45) is 0 Å². The van der Waals surface area contributed by atoms with Crippen LogP contribution in [0.15, 0.2) is 83.1 Å². The van der Waals surface area contributed by atoms with Crippen LogP contribution in [0.5, 0.6) is 0 Å². The summed E-state index contributed by atoms with van der Waals surface area (Å²) in [6.07, 6.45) is 24.1. The van der Waals surface area contributed by atoms with E-state index in [0.29, 0.717) is 0 Å². The highest BCUT2D eigenvalue weighted by Crippen LogP contribution is 2.17. The van der Waals surface area contributed by atoms with Gasteiger partial charge in [-0.3, -0.25) is 0 Å². The second-order valence-corrected chi connectivity index (χ2v) is 13.5. The summed E-state index contributed by atoms with van der Waals surface area (Å²) in [5.74, 6) is 11.5. The van der Waals surface area contributed by atoms with Crippen molar-refractivity contribution in [1.82, 2.24) is 0 Å². The molecule has 0 aromatic rings. The van der Waals surface area contributed by atoms with E-state index < -0.39 is 22.4 Å². The largest absolute Gasteiger partial charge is 0.385 e. The minimum Gasteiger partial charge on any atom is -0.385 e. The van der Waals surface area contributed by atoms with Gasteiger partial charge in [-0.05, 0) is 94.9 Å². The van der Waals surface area contributed by atoms with Crippen LogP contribution in [0.2, 0.25) is 0 Å². The number of hydrogen-bond donors (Lipinski definition) is 4. The van der Waals surface area contributed by atoms with E-state index >= 15 is 0 Å². The second kappa shape index (κ2) is 20.2. The summed E-state index contributed by atoms with van der Waals surface area (Å²) in [5, 5.41) is 42.5. The molecular formula is C40H60O4. The Hall–Kier alpha value is -2.86. The molecule has 0 aliphatic rings. The zero-order chi connectivity index (χ0) is 33.9. The zero-order valence-corrected chi connectivity index (χ0v) is 29.2. The Bertz CT molecular complexity index is 1120. The third-order valence-electron chi connectivity index (χ3n) is 6.66. The van der Waals surface area contributed by atoms with Gasteiger partial charge >= 0.3 is 0 Å². The smallest absolute Gasteiger partial charge is 0.126 e. The van der Waals surface area contributed by atoms with Gasteiger partial charge in [0.25, 0.3) is 0 Å². The molecule has 4 nitrogen and oxygen atoms in total. The zero-order valence-electron chi connectivity index (χ0n) is 29.2. The van der Waals surface area contributed by atoms with Gasteiger partial charge in [0.2, 0.25) is 0 Å². The highest BCUT2D eigenvalue weighted by atomic mass is 16.3. The summed E-state index contributed by atoms with van der Waals surface area (Å²) in [6.45, 7) is 19.2. The first-order valence-corrected chi connectivity index (χ1v) is 15.8. The molecule has 4 atom stereocenters. The molecule has 0 saturated heterocycles. The van der Waals surface area contributed by atoms with Crippen molar-refractivity contribution in [2.45, 2.75) is 143 Å². The topological polar surface area (TPSA) is 80.9 Å². The van der Waals surface area contributed by atoms with Crippen molar-refractivity contribution in [2.75, 3.05) is 0 Å². The van der Waals surface area contributed by atoms with Crippen molar-refractivity contribution < 1.29 is 20.4 Å². The fraction of sp³-hybridized carbons (Fsp3) is 0.550. The van der Waals surface area contributed by atoms with E-state index in [2.05, 4.69) is 77.4 Å². The molecule has 0 heterocycles. The molecule has 0 radical (unpaired) electrons. The van der Waals surface area contributed by atoms with Crippen LogP contribution in [0.3, 0.4) is 0 Å². The molecule has 44 heavy (non-hydrogen) atoms. The Morgan fingerprint density at radius 3 is 1.23 bits per heavy atom. The maximum absolute atomic E-state index is 10.6. The first kappa shape index (κ1) is 41.1. The van der Waals surface area contributed by atoms with Gasteiger partial charge in [-0.2, -0.15) is 0 Å². The van der Waals surface area contributed by atoms with Gasteiger partial charge in [0.1, 0.15) is 11.2 Å². The van der Waals surface area contributed by atoms with Gasteiger partial charge in [-0.15, -0.1) is 0 Å². The lowest BCUT2D eigenvalue weighted by atomic mass is 9.97. The van der Waals surface area contributed by atoms with Crippen LogP contribution in [-0.2, 0) is 0 Å². The van der Waals surface area contributed by atoms with Gasteiger partial charge in [-0.25, -0.2) is 0 Å². The molecule has 0 amide bonds. The molecule has 0 rings (SSSR count). The summed E-state index contributed by atoms with van der Waals surface area (Å²) in [5.41, 5.74) is 0.371. The lowest BCUT2D eigenvalue weighted by Crippen LogP contribution is -2.23. The number of aliphatic hydroxyl groups is 4. The predicted molar refractivity (Wildman–Crippen MR) is 189 cm³/mol. The average Bonchev–Trinajstić information content (AvgIpc) is 2.85. The van der Waals surface area contributed by atoms with E-state index in [9.17, 15) is 20.4 Å². The van der Waals surface area contributed by atoms with Crippen LogP contribution in [0.1, 0.15) is 121 Å². The van der Waals surface area contributed by atoms with Gasteiger partial charge in [0, 0.05) is 25.7 Å². The van der Waals surface area contributed by atoms with E-state index in [4.69, 9.17) is 0 Å². The van der Waals surface area contributed by atoms with Crippen molar-refractivity contribution in [3.63, 3.8) is 0 Å². The Labute approximate surface area is 269 Å². The highest BCUT2D eigenvalue weighted by Gasteiger charge is 2.19. The molecule has 4 N–H and O–H groups in total. The number of allylic oxidation sites excluding steroid dienone is 10. The van der Waals surface area contributed by atoms with Crippen molar-refractivity contribution in [3.8, 4) is 23.7 Å². The van der Waals surface area contributed by atoms with E-state index in [1.165, 1.54) is 22.3 Å². The molecule has 0 aromatic heterocycles. The minimum atomic E-state index is -1.27. The molecule has 0 aliphatic heterocycles. The van der Waals surface area contributed by atoms with E-state index in [1.807, 2.05) is 24.3 Å². The Morgan fingerprint density at radius 2 is 0.909 bits per heavy atom. The summed E-state index contributed by atoms with van der Waals surface area (Å²) in [4.78, 5) is 0. The van der Waals surface area contributed by atoms with Crippen molar-refractivity contribution in [3.05, 3.63) is 83.1 Å². The quantitative estimate of drug-likeness (QED) is 0.0808. The summed E-state index contributed by atoms with van der Waals surface area (Å²) >= 11 is 0. The van der Waals surface area contributed by atoms with Crippen molar-refractivity contribution in [1.29, 1.82) is 0 Å². The van der Waals surface area contributed by atoms with Crippen LogP contribution in [0.25, 0.3) is 0 Å². The molecule has 0 spiro atoms. The molecule has 0 saturated carbocycles. The lowest BCUT2D eigenvalue weighted by molar-refractivity contribution is 0.113. The standard InChI is InChI=1S/C40H60O4/c1-33(2)19-13-21-35(5)23-15-27-39(9,43)31-17-29-37(7,41)25-11-12-26-38(8,42)30-18-32-40(10,44)28-16-24-36(6)22-14-20-34(3)4/h11-12,15-16,19-20,23-24,27-28,41-44H,13-14,21-22,25-26,31-32H2,1-10H3/b12-11+,27-15+,28-16+,35-23+,36-24+. The first-order valence-electron chi connectivity index (χ1n) is 15.8. The predicted octanol–water partition coefficient (Wildman–Crippen LogP) is 8.61. The average molecular weight is 605 g/mol. The van der Waals surface area contributed by atoms with Crippen LogP contribution in [0.4, 0.5) is 0 Å². The highest BCUT2D eigenvalue weighted by molar-refractivity contribution is 5.22. The van der Waals surface area contributed by atoms with Gasteiger partial charge in [0.05, 0.1) is 11.2 Å². The second-order valence-electron chi connectivity index (χ2n) is 13.5. The number of rotatable bonds is 16. The van der Waals surface area contributed by atoms with Crippen LogP contribution >= 0.6 is 0 Å². The third-order valence-corrected chi connectivity index (χ3v) is 6.66. The van der Waals surface area contributed by atoms with Crippen molar-refractivity contribution >= 4 is 0 Å². The lowest BCUT2D eigenvalue weighted by Gasteiger charge is -2.18. The summed E-state index contributed by atoms with van der Waals surface area (Å²) in [7, 11) is 0. The molecule has 0 aromatic carbocycles. The SMILES string of the molecule is CC(C)=CCC/C(C)=C/C=C/C(C)(O)CC#CC(C)(O)C/C=C/CC(C)(O)C#CCC(C)(O)/C=C/C=C(\C)CCC=C(C)C. The molecular weight excluding hydrogens is 544 g/mol. The first-order chi connectivity index (χ1) is 20.2. The van der Waals surface area contributed by atoms with E-state index in [-0.39, 0.29) is 25.7 Å². The summed E-state index contributed by atoms with van der Waals surface area (Å²) < 4.78 is 0. The Morgan fingerprint density at radius 1 is 0.568 bits per heavy atom. The van der Waals surface area contributed by atoms with Crippen LogP contribution in [0, 0.1) is 23.7 Å². The third kappa shape index (κ3) is 24.6. The van der Waals surface area contributed by atoms with Gasteiger partial charge in [-0.1, -0.05) is 107 Å². The molecule has 0 aliphatic carbocycles. The molecule has 0 bridgehead atoms. The van der Waals surface area contributed by atoms with Gasteiger partial charge in [0.15, 0.2) is 0 Å². The van der Waals surface area contributed by atoms with E-state index in [0.717, 1.165) is 25.7 Å². The normalized spacial score (nSPS) is 18.0. The molecule has 4 heteroatoms. The Kier molecular flexibility index (Phi) is 18.9. The molecule has 4 unspecified atom stereocenters. The molecule has 244 valence electrons. The monoisotopic (exact) mass is 604 g/mol. The Balaban J connectivity index is 4.85. The fourth-order valence-corrected chi connectivity index (χ4v) is 3.86. The van der Waals surface area contributed by atoms with Gasteiger partial charge < -0.3 is 20.4 Å². The summed E-state index contributed by atoms with van der Waals surface area (Å²) in [6, 6.07) is 0. The maximum atomic E-state index is 10.6. The minimum absolute atomic E-state index is 0.198. The van der Waals surface area contributed by atoms with Crippen LogP contribution in [-0.4, -0.2) is 42.8 Å².